The molecule has 0 amide bonds. The van der Waals surface area contributed by atoms with Gasteiger partial charge in [0.1, 0.15) is 0 Å². The molecule has 0 N–H and O–H groups in total. The summed E-state index contributed by atoms with van der Waals surface area (Å²) in [6.45, 7) is 17.6. The van der Waals surface area contributed by atoms with E-state index in [1.807, 2.05) is 11.3 Å². The number of rotatable bonds is 1. The molecule has 0 saturated carbocycles. The predicted molar refractivity (Wildman–Crippen MR) is 103 cm³/mol. The van der Waals surface area contributed by atoms with Crippen LogP contribution >= 0.6 is 11.3 Å². The summed E-state index contributed by atoms with van der Waals surface area (Å²) in [6, 6.07) is 2.35. The highest BCUT2D eigenvalue weighted by Gasteiger charge is 2.17. The Hall–Kier alpha value is -1.67. The molecule has 1 aromatic carbocycles. The second-order valence-electron chi connectivity index (χ2n) is 6.77. The number of benzene rings is 1. The van der Waals surface area contributed by atoms with E-state index in [0.29, 0.717) is 0 Å². The molecule has 0 aliphatic rings. The molecule has 0 atom stereocenters. The molecule has 0 bridgehead atoms. The molecular formula is C21H25NS. The average molecular weight is 324 g/mol. The van der Waals surface area contributed by atoms with Crippen molar-refractivity contribution in [2.24, 2.45) is 0 Å². The predicted octanol–water partition coefficient (Wildman–Crippen LogP) is 6.43. The van der Waals surface area contributed by atoms with E-state index in [-0.39, 0.29) is 0 Å². The van der Waals surface area contributed by atoms with Gasteiger partial charge in [-0.25, -0.2) is 0 Å². The standard InChI is InChI=1S/C21H25NS/c1-10-11(2)16(7)21-18(14(10)5)9-19(23-21)20-15(6)12(3)13(4)17(8)22-20/h9H,1-8H3. The highest BCUT2D eigenvalue weighted by molar-refractivity contribution is 7.22. The number of nitrogens with zero attached hydrogens (tertiary/aromatic N) is 1. The molecule has 2 aromatic heterocycles. The first kappa shape index (κ1) is 16.2. The Kier molecular flexibility index (Phi) is 3.84. The third-order valence-corrected chi connectivity index (χ3v) is 6.96. The minimum Gasteiger partial charge on any atom is -0.252 e. The topological polar surface area (TPSA) is 12.9 Å². The van der Waals surface area contributed by atoms with Crippen molar-refractivity contribution < 1.29 is 0 Å². The van der Waals surface area contributed by atoms with Gasteiger partial charge in [-0.1, -0.05) is 0 Å². The Labute approximate surface area is 143 Å². The van der Waals surface area contributed by atoms with Crippen molar-refractivity contribution >= 4 is 21.4 Å². The van der Waals surface area contributed by atoms with Crippen molar-refractivity contribution in [1.82, 2.24) is 4.98 Å². The number of pyridine rings is 1. The molecule has 0 saturated heterocycles. The molecule has 1 nitrogen and oxygen atoms in total. The summed E-state index contributed by atoms with van der Waals surface area (Å²) in [5, 5.41) is 1.39. The molecule has 0 radical (unpaired) electrons. The third-order valence-electron chi connectivity index (χ3n) is 5.70. The van der Waals surface area contributed by atoms with Gasteiger partial charge in [0.15, 0.2) is 0 Å². The molecule has 120 valence electrons. The SMILES string of the molecule is Cc1nc(-c2cc3c(C)c(C)c(C)c(C)c3s2)c(C)c(C)c1C. The molecule has 0 fully saturated rings. The van der Waals surface area contributed by atoms with Crippen LogP contribution in [-0.2, 0) is 0 Å². The summed E-state index contributed by atoms with van der Waals surface area (Å²) < 4.78 is 1.41. The molecule has 0 aliphatic carbocycles. The summed E-state index contributed by atoms with van der Waals surface area (Å²) in [6.07, 6.45) is 0. The second kappa shape index (κ2) is 5.45. The van der Waals surface area contributed by atoms with E-state index in [9.17, 15) is 0 Å². The summed E-state index contributed by atoms with van der Waals surface area (Å²) in [5.74, 6) is 0. The fraction of sp³-hybridized carbons (Fsp3) is 0.381. The second-order valence-corrected chi connectivity index (χ2v) is 7.83. The Morgan fingerprint density at radius 2 is 1.22 bits per heavy atom. The van der Waals surface area contributed by atoms with Crippen molar-refractivity contribution in [3.63, 3.8) is 0 Å². The molecular weight excluding hydrogens is 298 g/mol. The maximum atomic E-state index is 4.91. The van der Waals surface area contributed by atoms with Gasteiger partial charge >= 0.3 is 0 Å². The van der Waals surface area contributed by atoms with Crippen LogP contribution in [0.1, 0.15) is 44.6 Å². The Morgan fingerprint density at radius 1 is 0.652 bits per heavy atom. The first-order valence-corrected chi connectivity index (χ1v) is 9.00. The quantitative estimate of drug-likeness (QED) is 0.503. The number of hydrogen-bond acceptors (Lipinski definition) is 2. The van der Waals surface area contributed by atoms with Crippen molar-refractivity contribution in [3.8, 4) is 10.6 Å². The van der Waals surface area contributed by atoms with Crippen LogP contribution in [0.3, 0.4) is 0 Å². The minimum atomic E-state index is 1.14. The van der Waals surface area contributed by atoms with Crippen LogP contribution in [-0.4, -0.2) is 4.98 Å². The summed E-state index contributed by atoms with van der Waals surface area (Å²) >= 11 is 1.89. The van der Waals surface area contributed by atoms with E-state index >= 15 is 0 Å². The Bertz CT molecular complexity index is 900. The largest absolute Gasteiger partial charge is 0.252 e. The van der Waals surface area contributed by atoms with Gasteiger partial charge in [-0.3, -0.25) is 4.98 Å². The maximum Gasteiger partial charge on any atom is 0.0837 e. The van der Waals surface area contributed by atoms with E-state index in [1.165, 1.54) is 53.9 Å². The van der Waals surface area contributed by atoms with Gasteiger partial charge in [0.2, 0.25) is 0 Å². The van der Waals surface area contributed by atoms with Crippen LogP contribution in [0.4, 0.5) is 0 Å². The highest BCUT2D eigenvalue weighted by Crippen LogP contribution is 2.40. The summed E-state index contributed by atoms with van der Waals surface area (Å²) in [4.78, 5) is 6.20. The van der Waals surface area contributed by atoms with E-state index in [1.54, 1.807) is 0 Å². The normalized spacial score (nSPS) is 11.5. The van der Waals surface area contributed by atoms with Crippen molar-refractivity contribution in [2.45, 2.75) is 55.4 Å². The van der Waals surface area contributed by atoms with Crippen LogP contribution in [0, 0.1) is 55.4 Å². The zero-order chi connectivity index (χ0) is 17.0. The lowest BCUT2D eigenvalue weighted by Crippen LogP contribution is -1.98. The number of aromatic nitrogens is 1. The van der Waals surface area contributed by atoms with Crippen LogP contribution in [0.25, 0.3) is 20.7 Å². The lowest BCUT2D eigenvalue weighted by Gasteiger charge is -2.11. The van der Waals surface area contributed by atoms with Gasteiger partial charge in [-0.05, 0) is 106 Å². The van der Waals surface area contributed by atoms with Crippen LogP contribution in [0.15, 0.2) is 6.07 Å². The van der Waals surface area contributed by atoms with Gasteiger partial charge in [0, 0.05) is 10.4 Å². The van der Waals surface area contributed by atoms with Gasteiger partial charge in [0.25, 0.3) is 0 Å². The molecule has 23 heavy (non-hydrogen) atoms. The Morgan fingerprint density at radius 3 is 1.87 bits per heavy atom. The number of thiophene rings is 1. The van der Waals surface area contributed by atoms with Gasteiger partial charge in [-0.15, -0.1) is 11.3 Å². The number of aryl methyl sites for hydroxylation is 3. The van der Waals surface area contributed by atoms with Crippen LogP contribution in [0.5, 0.6) is 0 Å². The number of hydrogen-bond donors (Lipinski definition) is 0. The lowest BCUT2D eigenvalue weighted by molar-refractivity contribution is 1.10. The first-order chi connectivity index (χ1) is 10.7. The first-order valence-electron chi connectivity index (χ1n) is 8.18. The van der Waals surface area contributed by atoms with E-state index in [0.717, 1.165) is 11.4 Å². The average Bonchev–Trinajstić information content (AvgIpc) is 2.97. The van der Waals surface area contributed by atoms with Crippen molar-refractivity contribution in [3.05, 3.63) is 50.7 Å². The van der Waals surface area contributed by atoms with E-state index in [2.05, 4.69) is 61.5 Å². The zero-order valence-corrected chi connectivity index (χ0v) is 16.2. The summed E-state index contributed by atoms with van der Waals surface area (Å²) in [7, 11) is 0. The van der Waals surface area contributed by atoms with Gasteiger partial charge in [-0.2, -0.15) is 0 Å². The minimum absolute atomic E-state index is 1.14. The van der Waals surface area contributed by atoms with Crippen LogP contribution in [0.2, 0.25) is 0 Å². The van der Waals surface area contributed by atoms with Crippen LogP contribution < -0.4 is 0 Å². The monoisotopic (exact) mass is 323 g/mol. The third kappa shape index (κ3) is 2.31. The molecule has 0 unspecified atom stereocenters. The smallest absolute Gasteiger partial charge is 0.0837 e. The van der Waals surface area contributed by atoms with E-state index < -0.39 is 0 Å². The van der Waals surface area contributed by atoms with Crippen molar-refractivity contribution in [1.29, 1.82) is 0 Å². The molecule has 2 heteroatoms. The van der Waals surface area contributed by atoms with Gasteiger partial charge < -0.3 is 0 Å². The summed E-state index contributed by atoms with van der Waals surface area (Å²) in [5.41, 5.74) is 11.9. The lowest BCUT2D eigenvalue weighted by atomic mass is 9.96. The maximum absolute atomic E-state index is 4.91. The molecule has 0 aliphatic heterocycles. The highest BCUT2D eigenvalue weighted by atomic mass is 32.1. The fourth-order valence-corrected chi connectivity index (χ4v) is 4.63. The fourth-order valence-electron chi connectivity index (χ4n) is 3.31. The molecule has 3 rings (SSSR count). The molecule has 3 aromatic rings. The molecule has 0 spiro atoms. The number of fused-ring (bicyclic) bond motifs is 1. The Balaban J connectivity index is 2.36. The molecule has 2 heterocycles. The van der Waals surface area contributed by atoms with Crippen molar-refractivity contribution in [2.75, 3.05) is 0 Å². The van der Waals surface area contributed by atoms with Gasteiger partial charge in [0.05, 0.1) is 10.6 Å². The van der Waals surface area contributed by atoms with E-state index in [4.69, 9.17) is 4.98 Å². The zero-order valence-electron chi connectivity index (χ0n) is 15.4.